The molecule has 0 aromatic heterocycles. The summed E-state index contributed by atoms with van der Waals surface area (Å²) in [6.07, 6.45) is 4.53. The van der Waals surface area contributed by atoms with Crippen LogP contribution >= 0.6 is 12.4 Å². The maximum absolute atomic E-state index is 12.9. The summed E-state index contributed by atoms with van der Waals surface area (Å²) in [5.41, 5.74) is 5.65. The van der Waals surface area contributed by atoms with Gasteiger partial charge in [0.05, 0.1) is 18.3 Å². The Morgan fingerprint density at radius 3 is 2.32 bits per heavy atom. The maximum Gasteiger partial charge on any atom is 0.310 e. The van der Waals surface area contributed by atoms with Gasteiger partial charge >= 0.3 is 5.97 Å². The van der Waals surface area contributed by atoms with Crippen molar-refractivity contribution < 1.29 is 17.9 Å². The third-order valence-electron chi connectivity index (χ3n) is 4.86. The zero-order valence-corrected chi connectivity index (χ0v) is 14.7. The molecule has 22 heavy (non-hydrogen) atoms. The summed E-state index contributed by atoms with van der Waals surface area (Å²) >= 11 is 0. The lowest BCUT2D eigenvalue weighted by Crippen LogP contribution is -2.49. The summed E-state index contributed by atoms with van der Waals surface area (Å²) in [7, 11) is -2.10. The lowest BCUT2D eigenvalue weighted by atomic mass is 9.89. The summed E-state index contributed by atoms with van der Waals surface area (Å²) in [4.78, 5) is 11.9. The minimum Gasteiger partial charge on any atom is -0.469 e. The monoisotopic (exact) mass is 354 g/mol. The fraction of sp³-hybridized carbons (Fsp3) is 0.929. The highest BCUT2D eigenvalue weighted by atomic mass is 35.5. The molecule has 2 fully saturated rings. The van der Waals surface area contributed by atoms with E-state index in [2.05, 4.69) is 0 Å². The van der Waals surface area contributed by atoms with Crippen molar-refractivity contribution >= 4 is 28.4 Å². The molecule has 130 valence electrons. The molecule has 1 aliphatic carbocycles. The number of sulfonamides is 1. The molecule has 2 unspecified atom stereocenters. The van der Waals surface area contributed by atoms with Crippen molar-refractivity contribution in [1.82, 2.24) is 4.31 Å². The average molecular weight is 355 g/mol. The predicted molar refractivity (Wildman–Crippen MR) is 87.3 cm³/mol. The van der Waals surface area contributed by atoms with Crippen molar-refractivity contribution in [3.05, 3.63) is 0 Å². The smallest absolute Gasteiger partial charge is 0.310 e. The Morgan fingerprint density at radius 1 is 1.18 bits per heavy atom. The fourth-order valence-electron chi connectivity index (χ4n) is 3.47. The molecular formula is C14H27ClN2O4S. The van der Waals surface area contributed by atoms with Crippen molar-refractivity contribution in [3.63, 3.8) is 0 Å². The SMILES string of the molecule is COC(=O)C1CCCCC1S(=O)(=O)N1CCC(CN)CC1.Cl. The van der Waals surface area contributed by atoms with E-state index in [-0.39, 0.29) is 18.4 Å². The molecule has 1 saturated carbocycles. The van der Waals surface area contributed by atoms with Crippen LogP contribution in [0.4, 0.5) is 0 Å². The lowest BCUT2D eigenvalue weighted by Gasteiger charge is -2.36. The van der Waals surface area contributed by atoms with Gasteiger partial charge in [-0.2, -0.15) is 0 Å². The van der Waals surface area contributed by atoms with Gasteiger partial charge in [-0.15, -0.1) is 12.4 Å². The van der Waals surface area contributed by atoms with Crippen molar-refractivity contribution in [2.45, 2.75) is 43.8 Å². The first kappa shape index (κ1) is 19.7. The van der Waals surface area contributed by atoms with Crippen LogP contribution in [-0.2, 0) is 19.6 Å². The van der Waals surface area contributed by atoms with Crippen molar-refractivity contribution in [1.29, 1.82) is 0 Å². The number of hydrogen-bond acceptors (Lipinski definition) is 5. The van der Waals surface area contributed by atoms with E-state index < -0.39 is 21.2 Å². The molecule has 6 nitrogen and oxygen atoms in total. The number of nitrogens with two attached hydrogens (primary N) is 1. The summed E-state index contributed by atoms with van der Waals surface area (Å²) in [5.74, 6) is -0.486. The van der Waals surface area contributed by atoms with E-state index in [0.717, 1.165) is 25.7 Å². The van der Waals surface area contributed by atoms with Crippen molar-refractivity contribution in [2.24, 2.45) is 17.6 Å². The molecule has 1 aliphatic heterocycles. The lowest BCUT2D eigenvalue weighted by molar-refractivity contribution is -0.146. The van der Waals surface area contributed by atoms with Crippen molar-refractivity contribution in [2.75, 3.05) is 26.7 Å². The zero-order chi connectivity index (χ0) is 15.5. The van der Waals surface area contributed by atoms with Crippen LogP contribution in [-0.4, -0.2) is 50.7 Å². The number of rotatable bonds is 4. The number of carbonyl (C=O) groups is 1. The van der Waals surface area contributed by atoms with Crippen molar-refractivity contribution in [3.8, 4) is 0 Å². The number of nitrogens with zero attached hydrogens (tertiary/aromatic N) is 1. The first-order valence-corrected chi connectivity index (χ1v) is 9.28. The summed E-state index contributed by atoms with van der Waals surface area (Å²) in [6.45, 7) is 1.66. The number of ether oxygens (including phenoxy) is 1. The van der Waals surface area contributed by atoms with E-state index in [1.165, 1.54) is 7.11 Å². The van der Waals surface area contributed by atoms with Crippen LogP contribution in [0.5, 0.6) is 0 Å². The quantitative estimate of drug-likeness (QED) is 0.764. The molecule has 2 atom stereocenters. The molecule has 0 radical (unpaired) electrons. The van der Waals surface area contributed by atoms with Gasteiger partial charge in [-0.3, -0.25) is 4.79 Å². The van der Waals surface area contributed by atoms with E-state index in [1.807, 2.05) is 0 Å². The number of carbonyl (C=O) groups excluding carboxylic acids is 1. The Balaban J connectivity index is 0.00000242. The normalized spacial score (nSPS) is 27.9. The fourth-order valence-corrected chi connectivity index (χ4v) is 5.69. The molecule has 8 heteroatoms. The number of esters is 1. The van der Waals surface area contributed by atoms with Crippen LogP contribution in [0.15, 0.2) is 0 Å². The van der Waals surface area contributed by atoms with Gasteiger partial charge in [0.1, 0.15) is 0 Å². The highest BCUT2D eigenvalue weighted by molar-refractivity contribution is 7.89. The van der Waals surface area contributed by atoms with Gasteiger partial charge < -0.3 is 10.5 Å². The Hall–Kier alpha value is -0.370. The molecule has 0 aromatic carbocycles. The second kappa shape index (κ2) is 8.47. The molecule has 0 aromatic rings. The van der Waals surface area contributed by atoms with Gasteiger partial charge in [-0.05, 0) is 38.1 Å². The Labute approximate surface area is 139 Å². The molecule has 2 rings (SSSR count). The highest BCUT2D eigenvalue weighted by Gasteiger charge is 2.43. The van der Waals surface area contributed by atoms with Gasteiger partial charge in [-0.1, -0.05) is 12.8 Å². The Morgan fingerprint density at radius 2 is 1.77 bits per heavy atom. The number of piperidine rings is 1. The van der Waals surface area contributed by atoms with Gasteiger partial charge in [0, 0.05) is 13.1 Å². The van der Waals surface area contributed by atoms with Crippen LogP contribution < -0.4 is 5.73 Å². The van der Waals surface area contributed by atoms with Crippen LogP contribution in [0.1, 0.15) is 38.5 Å². The standard InChI is InChI=1S/C14H26N2O4S.ClH/c1-20-14(17)12-4-2-3-5-13(12)21(18,19)16-8-6-11(10-15)7-9-16;/h11-13H,2-10,15H2,1H3;1H. The molecule has 0 amide bonds. The minimum absolute atomic E-state index is 0. The Kier molecular flexibility index (Phi) is 7.58. The minimum atomic E-state index is -3.43. The topological polar surface area (TPSA) is 89.7 Å². The predicted octanol–water partition coefficient (Wildman–Crippen LogP) is 1.14. The number of halogens is 1. The molecule has 0 spiro atoms. The second-order valence-corrected chi connectivity index (χ2v) is 8.23. The van der Waals surface area contributed by atoms with Crippen LogP contribution in [0.25, 0.3) is 0 Å². The van der Waals surface area contributed by atoms with Gasteiger partial charge in [0.25, 0.3) is 0 Å². The molecule has 1 heterocycles. The first-order chi connectivity index (χ1) is 10.0. The van der Waals surface area contributed by atoms with E-state index in [4.69, 9.17) is 10.5 Å². The third-order valence-corrected chi connectivity index (χ3v) is 7.27. The molecule has 2 N–H and O–H groups in total. The average Bonchev–Trinajstić information content (AvgIpc) is 2.54. The van der Waals surface area contributed by atoms with Crippen LogP contribution in [0, 0.1) is 11.8 Å². The maximum atomic E-state index is 12.9. The van der Waals surface area contributed by atoms with E-state index >= 15 is 0 Å². The summed E-state index contributed by atoms with van der Waals surface area (Å²) in [5, 5.41) is -0.617. The van der Waals surface area contributed by atoms with Crippen LogP contribution in [0.2, 0.25) is 0 Å². The molecule has 2 aliphatic rings. The first-order valence-electron chi connectivity index (χ1n) is 7.77. The van der Waals surface area contributed by atoms with E-state index in [9.17, 15) is 13.2 Å². The number of methoxy groups -OCH3 is 1. The largest absolute Gasteiger partial charge is 0.469 e. The van der Waals surface area contributed by atoms with Crippen LogP contribution in [0.3, 0.4) is 0 Å². The number of hydrogen-bond donors (Lipinski definition) is 1. The third kappa shape index (κ3) is 4.13. The Bertz CT molecular complexity index is 463. The van der Waals surface area contributed by atoms with Gasteiger partial charge in [0.2, 0.25) is 10.0 Å². The van der Waals surface area contributed by atoms with E-state index in [1.54, 1.807) is 4.31 Å². The van der Waals surface area contributed by atoms with Gasteiger partial charge in [-0.25, -0.2) is 12.7 Å². The zero-order valence-electron chi connectivity index (χ0n) is 13.1. The second-order valence-electron chi connectivity index (χ2n) is 6.08. The molecule has 0 bridgehead atoms. The summed E-state index contributed by atoms with van der Waals surface area (Å²) in [6, 6.07) is 0. The highest BCUT2D eigenvalue weighted by Crippen LogP contribution is 2.33. The van der Waals surface area contributed by atoms with Gasteiger partial charge in [0.15, 0.2) is 0 Å². The molecule has 1 saturated heterocycles. The summed E-state index contributed by atoms with van der Waals surface area (Å²) < 4.78 is 32.1. The molecular weight excluding hydrogens is 328 g/mol. The van der Waals surface area contributed by atoms with E-state index in [0.29, 0.717) is 38.4 Å².